The molecule has 0 amide bonds. The number of benzene rings is 2. The van der Waals surface area contributed by atoms with Crippen LogP contribution in [0.3, 0.4) is 0 Å². The Morgan fingerprint density at radius 1 is 1.18 bits per heavy atom. The SMILES string of the molecule is Oc1c(Br)cc(Br)cc1C=Nc1ccc(Cl)c2cccnc12. The van der Waals surface area contributed by atoms with Crippen LogP contribution in [0.2, 0.25) is 5.02 Å². The van der Waals surface area contributed by atoms with Crippen LogP contribution in [0.4, 0.5) is 5.69 Å². The highest BCUT2D eigenvalue weighted by molar-refractivity contribution is 9.11. The molecule has 0 aliphatic rings. The number of nitrogens with zero attached hydrogens (tertiary/aromatic N) is 2. The number of halogens is 3. The van der Waals surface area contributed by atoms with Gasteiger partial charge in [0.15, 0.2) is 0 Å². The molecule has 0 fully saturated rings. The Kier molecular flexibility index (Phi) is 4.47. The third-order valence-corrected chi connectivity index (χ3v) is 4.49. The zero-order chi connectivity index (χ0) is 15.7. The van der Waals surface area contributed by atoms with Crippen molar-refractivity contribution in [2.24, 2.45) is 4.99 Å². The summed E-state index contributed by atoms with van der Waals surface area (Å²) in [7, 11) is 0. The van der Waals surface area contributed by atoms with Crippen molar-refractivity contribution >= 4 is 66.3 Å². The van der Waals surface area contributed by atoms with E-state index in [9.17, 15) is 5.11 Å². The van der Waals surface area contributed by atoms with Crippen molar-refractivity contribution in [3.8, 4) is 5.75 Å². The summed E-state index contributed by atoms with van der Waals surface area (Å²) < 4.78 is 1.44. The van der Waals surface area contributed by atoms with E-state index in [1.54, 1.807) is 36.7 Å². The number of aromatic nitrogens is 1. The molecule has 0 spiro atoms. The molecule has 3 nitrogen and oxygen atoms in total. The van der Waals surface area contributed by atoms with E-state index in [1.165, 1.54) is 0 Å². The predicted molar refractivity (Wildman–Crippen MR) is 97.5 cm³/mol. The maximum Gasteiger partial charge on any atom is 0.138 e. The molecule has 0 aliphatic heterocycles. The van der Waals surface area contributed by atoms with Gasteiger partial charge in [-0.15, -0.1) is 0 Å². The van der Waals surface area contributed by atoms with E-state index in [0.717, 1.165) is 15.4 Å². The smallest absolute Gasteiger partial charge is 0.138 e. The first-order valence-corrected chi connectivity index (χ1v) is 8.28. The largest absolute Gasteiger partial charge is 0.506 e. The predicted octanol–water partition coefficient (Wildman–Crippen LogP) is 5.87. The molecule has 0 unspecified atom stereocenters. The Balaban J connectivity index is 2.09. The van der Waals surface area contributed by atoms with Gasteiger partial charge in [-0.05, 0) is 52.3 Å². The van der Waals surface area contributed by atoms with E-state index in [1.807, 2.05) is 12.1 Å². The summed E-state index contributed by atoms with van der Waals surface area (Å²) in [5.41, 5.74) is 2.01. The number of hydrogen-bond acceptors (Lipinski definition) is 3. The highest BCUT2D eigenvalue weighted by Crippen LogP contribution is 2.32. The zero-order valence-electron chi connectivity index (χ0n) is 11.1. The molecule has 0 atom stereocenters. The zero-order valence-corrected chi connectivity index (χ0v) is 15.0. The fourth-order valence-corrected chi connectivity index (χ4v) is 3.52. The summed E-state index contributed by atoms with van der Waals surface area (Å²) in [6.45, 7) is 0. The molecule has 110 valence electrons. The molecule has 0 saturated heterocycles. The molecule has 6 heteroatoms. The molecular formula is C16H9Br2ClN2O. The summed E-state index contributed by atoms with van der Waals surface area (Å²) in [5.74, 6) is 0.137. The lowest BCUT2D eigenvalue weighted by molar-refractivity contribution is 0.471. The standard InChI is InChI=1S/C16H9Br2ClN2O/c17-10-6-9(16(22)12(18)7-10)8-21-14-4-3-13(19)11-2-1-5-20-15(11)14/h1-8,22H. The van der Waals surface area contributed by atoms with Crippen LogP contribution in [0.1, 0.15) is 5.56 Å². The van der Waals surface area contributed by atoms with Crippen molar-refractivity contribution in [1.82, 2.24) is 4.98 Å². The molecular weight excluding hydrogens is 431 g/mol. The van der Waals surface area contributed by atoms with Gasteiger partial charge >= 0.3 is 0 Å². The quantitative estimate of drug-likeness (QED) is 0.507. The summed E-state index contributed by atoms with van der Waals surface area (Å²) in [4.78, 5) is 8.77. The van der Waals surface area contributed by atoms with Gasteiger partial charge < -0.3 is 5.11 Å². The van der Waals surface area contributed by atoms with Crippen LogP contribution in [0.15, 0.2) is 56.5 Å². The van der Waals surface area contributed by atoms with Gasteiger partial charge in [0.1, 0.15) is 5.75 Å². The van der Waals surface area contributed by atoms with Gasteiger partial charge in [-0.2, -0.15) is 0 Å². The van der Waals surface area contributed by atoms with Gasteiger partial charge in [-0.1, -0.05) is 27.5 Å². The Hall–Kier alpha value is -1.43. The second kappa shape index (κ2) is 6.36. The fourth-order valence-electron chi connectivity index (χ4n) is 2.05. The van der Waals surface area contributed by atoms with E-state index < -0.39 is 0 Å². The Bertz CT molecular complexity index is 897. The van der Waals surface area contributed by atoms with E-state index in [4.69, 9.17) is 11.6 Å². The molecule has 0 bridgehead atoms. The van der Waals surface area contributed by atoms with Gasteiger partial charge in [0.05, 0.1) is 20.7 Å². The minimum absolute atomic E-state index is 0.137. The number of phenolic OH excluding ortho intramolecular Hbond substituents is 1. The summed E-state index contributed by atoms with van der Waals surface area (Å²) >= 11 is 12.9. The normalized spacial score (nSPS) is 11.4. The van der Waals surface area contributed by atoms with Crippen LogP contribution in [0.25, 0.3) is 10.9 Å². The molecule has 22 heavy (non-hydrogen) atoms. The van der Waals surface area contributed by atoms with Crippen LogP contribution in [0, 0.1) is 0 Å². The summed E-state index contributed by atoms with van der Waals surface area (Å²) in [6.07, 6.45) is 3.30. The number of rotatable bonds is 2. The van der Waals surface area contributed by atoms with Crippen molar-refractivity contribution in [2.45, 2.75) is 0 Å². The maximum absolute atomic E-state index is 10.1. The topological polar surface area (TPSA) is 45.5 Å². The lowest BCUT2D eigenvalue weighted by Gasteiger charge is -2.04. The molecule has 3 aromatic rings. The lowest BCUT2D eigenvalue weighted by Crippen LogP contribution is -1.85. The highest BCUT2D eigenvalue weighted by atomic mass is 79.9. The minimum Gasteiger partial charge on any atom is -0.506 e. The molecule has 1 aromatic heterocycles. The van der Waals surface area contributed by atoms with Crippen LogP contribution in [-0.2, 0) is 0 Å². The average molecular weight is 441 g/mol. The van der Waals surface area contributed by atoms with Crippen LogP contribution < -0.4 is 0 Å². The van der Waals surface area contributed by atoms with Crippen molar-refractivity contribution in [3.63, 3.8) is 0 Å². The number of aromatic hydroxyl groups is 1. The first-order valence-electron chi connectivity index (χ1n) is 6.31. The second-order valence-corrected chi connectivity index (χ2v) is 6.73. The first-order chi connectivity index (χ1) is 10.6. The lowest BCUT2D eigenvalue weighted by atomic mass is 10.2. The monoisotopic (exact) mass is 438 g/mol. The molecule has 3 rings (SSSR count). The van der Waals surface area contributed by atoms with Crippen molar-refractivity contribution in [2.75, 3.05) is 0 Å². The van der Waals surface area contributed by atoms with Crippen molar-refractivity contribution in [1.29, 1.82) is 0 Å². The number of aliphatic imine (C=N–C) groups is 1. The summed E-state index contributed by atoms with van der Waals surface area (Å²) in [5, 5.41) is 11.5. The van der Waals surface area contributed by atoms with E-state index in [2.05, 4.69) is 41.8 Å². The molecule has 0 radical (unpaired) electrons. The molecule has 1 N–H and O–H groups in total. The summed E-state index contributed by atoms with van der Waals surface area (Å²) in [6, 6.07) is 10.9. The highest BCUT2D eigenvalue weighted by Gasteiger charge is 2.07. The van der Waals surface area contributed by atoms with Crippen LogP contribution >= 0.6 is 43.5 Å². The third-order valence-electron chi connectivity index (χ3n) is 3.10. The van der Waals surface area contributed by atoms with Crippen molar-refractivity contribution < 1.29 is 5.11 Å². The number of phenols is 1. The fraction of sp³-hybridized carbons (Fsp3) is 0. The number of hydrogen-bond donors (Lipinski definition) is 1. The van der Waals surface area contributed by atoms with Gasteiger partial charge in [0, 0.05) is 27.8 Å². The molecule has 1 heterocycles. The minimum atomic E-state index is 0.137. The Morgan fingerprint density at radius 3 is 2.82 bits per heavy atom. The van der Waals surface area contributed by atoms with Gasteiger partial charge in [0.25, 0.3) is 0 Å². The third kappa shape index (κ3) is 3.02. The molecule has 0 aliphatic carbocycles. The second-order valence-electron chi connectivity index (χ2n) is 4.55. The number of fused-ring (bicyclic) bond motifs is 1. The van der Waals surface area contributed by atoms with Gasteiger partial charge in [-0.25, -0.2) is 0 Å². The van der Waals surface area contributed by atoms with E-state index in [-0.39, 0.29) is 5.75 Å². The van der Waals surface area contributed by atoms with Gasteiger partial charge in [-0.3, -0.25) is 9.98 Å². The molecule has 0 saturated carbocycles. The van der Waals surface area contributed by atoms with E-state index >= 15 is 0 Å². The van der Waals surface area contributed by atoms with E-state index in [0.29, 0.717) is 20.7 Å². The Morgan fingerprint density at radius 2 is 2.00 bits per heavy atom. The van der Waals surface area contributed by atoms with Crippen molar-refractivity contribution in [3.05, 3.63) is 62.1 Å². The van der Waals surface area contributed by atoms with Crippen LogP contribution in [0.5, 0.6) is 5.75 Å². The average Bonchev–Trinajstić information content (AvgIpc) is 2.51. The maximum atomic E-state index is 10.1. The van der Waals surface area contributed by atoms with Gasteiger partial charge in [0.2, 0.25) is 0 Å². The molecule has 2 aromatic carbocycles. The van der Waals surface area contributed by atoms with Crippen LogP contribution in [-0.4, -0.2) is 16.3 Å². The first kappa shape index (κ1) is 15.5. The Labute approximate surface area is 148 Å². The number of pyridine rings is 1.